The van der Waals surface area contributed by atoms with E-state index >= 15 is 0 Å². The second kappa shape index (κ2) is 9.21. The summed E-state index contributed by atoms with van der Waals surface area (Å²) in [6.07, 6.45) is -4.47. The SMILES string of the molecule is CCOc1ccccc1-c1nnc(SCC(=O)Nc2cccc(C(F)(F)F)c2)n1C. The molecule has 0 unspecified atom stereocenters. The molecule has 0 aliphatic heterocycles. The number of alkyl halides is 3. The summed E-state index contributed by atoms with van der Waals surface area (Å²) in [6.45, 7) is 2.39. The summed E-state index contributed by atoms with van der Waals surface area (Å²) in [4.78, 5) is 12.2. The lowest BCUT2D eigenvalue weighted by molar-refractivity contribution is -0.137. The highest BCUT2D eigenvalue weighted by molar-refractivity contribution is 7.99. The number of para-hydroxylation sites is 1. The van der Waals surface area contributed by atoms with E-state index in [0.717, 1.165) is 29.5 Å². The fraction of sp³-hybridized carbons (Fsp3) is 0.250. The van der Waals surface area contributed by atoms with Crippen molar-refractivity contribution in [3.05, 3.63) is 54.1 Å². The molecule has 1 amide bonds. The molecule has 0 saturated heterocycles. The zero-order valence-electron chi connectivity index (χ0n) is 16.2. The zero-order valence-corrected chi connectivity index (χ0v) is 17.0. The summed E-state index contributed by atoms with van der Waals surface area (Å²) < 4.78 is 45.7. The number of carbonyl (C=O) groups excluding carboxylic acids is 1. The predicted octanol–water partition coefficient (Wildman–Crippen LogP) is 4.63. The van der Waals surface area contributed by atoms with Gasteiger partial charge in [0.15, 0.2) is 11.0 Å². The summed E-state index contributed by atoms with van der Waals surface area (Å²) in [5, 5.41) is 11.3. The Labute approximate surface area is 175 Å². The van der Waals surface area contributed by atoms with Crippen LogP contribution in [0, 0.1) is 0 Å². The van der Waals surface area contributed by atoms with Gasteiger partial charge in [0.25, 0.3) is 0 Å². The van der Waals surface area contributed by atoms with Crippen LogP contribution >= 0.6 is 11.8 Å². The largest absolute Gasteiger partial charge is 0.493 e. The van der Waals surface area contributed by atoms with Gasteiger partial charge < -0.3 is 14.6 Å². The number of hydrogen-bond donors (Lipinski definition) is 1. The summed E-state index contributed by atoms with van der Waals surface area (Å²) in [5.41, 5.74) is 0.0354. The molecule has 1 aromatic heterocycles. The van der Waals surface area contributed by atoms with E-state index in [1.165, 1.54) is 12.1 Å². The van der Waals surface area contributed by atoms with E-state index in [-0.39, 0.29) is 11.4 Å². The van der Waals surface area contributed by atoms with Crippen LogP contribution in [0.4, 0.5) is 18.9 Å². The Bertz CT molecular complexity index is 1040. The molecular formula is C20H19F3N4O2S. The lowest BCUT2D eigenvalue weighted by Gasteiger charge is -2.10. The molecule has 158 valence electrons. The van der Waals surface area contributed by atoms with Gasteiger partial charge in [-0.05, 0) is 37.3 Å². The molecule has 1 heterocycles. The number of aromatic nitrogens is 3. The maximum atomic E-state index is 12.8. The van der Waals surface area contributed by atoms with Gasteiger partial charge in [0.05, 0.1) is 23.5 Å². The van der Waals surface area contributed by atoms with E-state index in [2.05, 4.69) is 15.5 Å². The van der Waals surface area contributed by atoms with Gasteiger partial charge in [0, 0.05) is 12.7 Å². The first-order valence-corrected chi connectivity index (χ1v) is 9.99. The van der Waals surface area contributed by atoms with E-state index in [9.17, 15) is 18.0 Å². The van der Waals surface area contributed by atoms with Gasteiger partial charge in [-0.25, -0.2) is 0 Å². The van der Waals surface area contributed by atoms with Crippen LogP contribution in [-0.2, 0) is 18.0 Å². The quantitative estimate of drug-likeness (QED) is 0.547. The number of carbonyl (C=O) groups is 1. The standard InChI is InChI=1S/C20H19F3N4O2S/c1-3-29-16-10-5-4-9-15(16)18-25-26-19(27(18)2)30-12-17(28)24-14-8-6-7-13(11-14)20(21,22)23/h4-11H,3,12H2,1-2H3,(H,24,28). The van der Waals surface area contributed by atoms with Crippen molar-refractivity contribution in [2.75, 3.05) is 17.7 Å². The Morgan fingerprint density at radius 1 is 1.17 bits per heavy atom. The van der Waals surface area contributed by atoms with Crippen molar-refractivity contribution in [1.29, 1.82) is 0 Å². The Balaban J connectivity index is 1.67. The van der Waals surface area contributed by atoms with Crippen molar-refractivity contribution in [1.82, 2.24) is 14.8 Å². The lowest BCUT2D eigenvalue weighted by Crippen LogP contribution is -2.15. The summed E-state index contributed by atoms with van der Waals surface area (Å²) in [6, 6.07) is 11.9. The van der Waals surface area contributed by atoms with E-state index in [0.29, 0.717) is 23.3 Å². The van der Waals surface area contributed by atoms with Crippen molar-refractivity contribution in [2.24, 2.45) is 7.05 Å². The Morgan fingerprint density at radius 2 is 1.93 bits per heavy atom. The number of ether oxygens (including phenoxy) is 1. The fourth-order valence-electron chi connectivity index (χ4n) is 2.71. The minimum absolute atomic E-state index is 0.0324. The third-order valence-corrected chi connectivity index (χ3v) is 5.09. The lowest BCUT2D eigenvalue weighted by atomic mass is 10.2. The molecule has 3 rings (SSSR count). The molecular weight excluding hydrogens is 417 g/mol. The number of hydrogen-bond acceptors (Lipinski definition) is 5. The Kier molecular flexibility index (Phi) is 6.66. The second-order valence-electron chi connectivity index (χ2n) is 6.21. The number of rotatable bonds is 7. The molecule has 0 aliphatic carbocycles. The zero-order chi connectivity index (χ0) is 21.7. The highest BCUT2D eigenvalue weighted by atomic mass is 32.2. The van der Waals surface area contributed by atoms with E-state index in [4.69, 9.17) is 4.74 Å². The minimum atomic E-state index is -4.47. The molecule has 10 heteroatoms. The Morgan fingerprint density at radius 3 is 2.67 bits per heavy atom. The van der Waals surface area contributed by atoms with Gasteiger partial charge in [-0.15, -0.1) is 10.2 Å². The number of nitrogens with one attached hydrogen (secondary N) is 1. The summed E-state index contributed by atoms with van der Waals surface area (Å²) >= 11 is 1.13. The number of benzene rings is 2. The minimum Gasteiger partial charge on any atom is -0.493 e. The van der Waals surface area contributed by atoms with Crippen LogP contribution in [-0.4, -0.2) is 33.0 Å². The topological polar surface area (TPSA) is 69.0 Å². The molecule has 6 nitrogen and oxygen atoms in total. The van der Waals surface area contributed by atoms with Crippen molar-refractivity contribution < 1.29 is 22.7 Å². The van der Waals surface area contributed by atoms with Crippen molar-refractivity contribution in [3.63, 3.8) is 0 Å². The number of halogens is 3. The van der Waals surface area contributed by atoms with Crippen LogP contribution in [0.5, 0.6) is 5.75 Å². The van der Waals surface area contributed by atoms with Crippen LogP contribution < -0.4 is 10.1 Å². The number of anilines is 1. The molecule has 0 bridgehead atoms. The van der Waals surface area contributed by atoms with E-state index in [1.54, 1.807) is 11.6 Å². The average molecular weight is 436 g/mol. The predicted molar refractivity (Wildman–Crippen MR) is 108 cm³/mol. The van der Waals surface area contributed by atoms with Crippen LogP contribution in [0.1, 0.15) is 12.5 Å². The van der Waals surface area contributed by atoms with Crippen molar-refractivity contribution in [2.45, 2.75) is 18.3 Å². The molecule has 0 radical (unpaired) electrons. The third-order valence-electron chi connectivity index (χ3n) is 4.07. The Hall–Kier alpha value is -3.01. The first kappa shape index (κ1) is 21.7. The highest BCUT2D eigenvalue weighted by Crippen LogP contribution is 2.32. The first-order valence-electron chi connectivity index (χ1n) is 9.01. The maximum Gasteiger partial charge on any atom is 0.416 e. The van der Waals surface area contributed by atoms with Crippen molar-refractivity contribution in [3.8, 4) is 17.1 Å². The molecule has 30 heavy (non-hydrogen) atoms. The molecule has 2 aromatic carbocycles. The van der Waals surface area contributed by atoms with Gasteiger partial charge >= 0.3 is 6.18 Å². The normalized spacial score (nSPS) is 11.4. The molecule has 3 aromatic rings. The van der Waals surface area contributed by atoms with Crippen LogP contribution in [0.2, 0.25) is 0 Å². The van der Waals surface area contributed by atoms with Crippen molar-refractivity contribution >= 4 is 23.4 Å². The molecule has 0 fully saturated rings. The van der Waals surface area contributed by atoms with Crippen LogP contribution in [0.25, 0.3) is 11.4 Å². The highest BCUT2D eigenvalue weighted by Gasteiger charge is 2.30. The molecule has 0 atom stereocenters. The van der Waals surface area contributed by atoms with Gasteiger partial charge in [0.1, 0.15) is 5.75 Å². The second-order valence-corrected chi connectivity index (χ2v) is 7.15. The molecule has 0 saturated carbocycles. The van der Waals surface area contributed by atoms with E-state index in [1.807, 2.05) is 31.2 Å². The number of thioether (sulfide) groups is 1. The van der Waals surface area contributed by atoms with Crippen LogP contribution in [0.15, 0.2) is 53.7 Å². The molecule has 1 N–H and O–H groups in total. The molecule has 0 aliphatic rings. The monoisotopic (exact) mass is 436 g/mol. The number of nitrogens with zero attached hydrogens (tertiary/aromatic N) is 3. The van der Waals surface area contributed by atoms with Gasteiger partial charge in [0.2, 0.25) is 5.91 Å². The summed E-state index contributed by atoms with van der Waals surface area (Å²) in [5.74, 6) is 0.780. The third kappa shape index (κ3) is 5.12. The number of amides is 1. The van der Waals surface area contributed by atoms with Crippen LogP contribution in [0.3, 0.4) is 0 Å². The smallest absolute Gasteiger partial charge is 0.416 e. The summed E-state index contributed by atoms with van der Waals surface area (Å²) in [7, 11) is 1.77. The molecule has 0 spiro atoms. The maximum absolute atomic E-state index is 12.8. The van der Waals surface area contributed by atoms with Gasteiger partial charge in [-0.2, -0.15) is 13.2 Å². The van der Waals surface area contributed by atoms with E-state index < -0.39 is 17.6 Å². The first-order chi connectivity index (χ1) is 14.3. The van der Waals surface area contributed by atoms with Gasteiger partial charge in [-0.3, -0.25) is 4.79 Å². The fourth-order valence-corrected chi connectivity index (χ4v) is 3.42. The van der Waals surface area contributed by atoms with Gasteiger partial charge in [-0.1, -0.05) is 30.0 Å². The average Bonchev–Trinajstić information content (AvgIpc) is 3.07.